The van der Waals surface area contributed by atoms with E-state index in [1.807, 2.05) is 0 Å². The molecule has 0 aromatic carbocycles. The number of hydrogen-bond donors (Lipinski definition) is 1. The van der Waals surface area contributed by atoms with Crippen molar-refractivity contribution in [3.05, 3.63) is 0 Å². The molecule has 2 heterocycles. The fourth-order valence-electron chi connectivity index (χ4n) is 3.47. The van der Waals surface area contributed by atoms with E-state index >= 15 is 0 Å². The van der Waals surface area contributed by atoms with Gasteiger partial charge < -0.3 is 10.2 Å². The summed E-state index contributed by atoms with van der Waals surface area (Å²) in [5, 5.41) is 3.55. The van der Waals surface area contributed by atoms with Crippen LogP contribution in [0.25, 0.3) is 0 Å². The predicted molar refractivity (Wildman–Crippen MR) is 73.3 cm³/mol. The topological polar surface area (TPSA) is 18.5 Å². The minimum Gasteiger partial charge on any atom is -0.314 e. The van der Waals surface area contributed by atoms with Gasteiger partial charge in [0.1, 0.15) is 0 Å². The Morgan fingerprint density at radius 2 is 2.06 bits per heavy atom. The summed E-state index contributed by atoms with van der Waals surface area (Å²) < 4.78 is 0. The standard InChI is InChI=1S/C14H29N3/c1-4-17-8-7-16(10-13(17)3)11-14-5-6-15-12(2)9-14/h12-15H,4-11H2,1-3H3. The Labute approximate surface area is 107 Å². The summed E-state index contributed by atoms with van der Waals surface area (Å²) in [7, 11) is 0. The summed E-state index contributed by atoms with van der Waals surface area (Å²) in [4.78, 5) is 5.29. The highest BCUT2D eigenvalue weighted by atomic mass is 15.3. The molecular weight excluding hydrogens is 210 g/mol. The molecule has 2 rings (SSSR count). The molecule has 0 saturated carbocycles. The first-order valence-corrected chi connectivity index (χ1v) is 7.38. The number of rotatable bonds is 3. The van der Waals surface area contributed by atoms with Gasteiger partial charge in [-0.3, -0.25) is 4.90 Å². The first kappa shape index (κ1) is 13.3. The van der Waals surface area contributed by atoms with Crippen LogP contribution in [0.5, 0.6) is 0 Å². The molecular formula is C14H29N3. The fourth-order valence-corrected chi connectivity index (χ4v) is 3.47. The molecule has 2 saturated heterocycles. The van der Waals surface area contributed by atoms with Crippen molar-refractivity contribution in [2.75, 3.05) is 39.3 Å². The average Bonchev–Trinajstić information content (AvgIpc) is 2.29. The van der Waals surface area contributed by atoms with Crippen LogP contribution >= 0.6 is 0 Å². The monoisotopic (exact) mass is 239 g/mol. The first-order chi connectivity index (χ1) is 8.19. The van der Waals surface area contributed by atoms with Crippen molar-refractivity contribution in [2.45, 2.75) is 45.7 Å². The second-order valence-corrected chi connectivity index (χ2v) is 5.98. The second kappa shape index (κ2) is 6.17. The zero-order valence-electron chi connectivity index (χ0n) is 11.8. The maximum atomic E-state index is 3.55. The molecule has 1 N–H and O–H groups in total. The maximum absolute atomic E-state index is 3.55. The Balaban J connectivity index is 1.76. The summed E-state index contributed by atoms with van der Waals surface area (Å²) in [6.07, 6.45) is 2.73. The average molecular weight is 239 g/mol. The molecule has 100 valence electrons. The Bertz CT molecular complexity index is 232. The molecule has 2 fully saturated rings. The molecule has 0 bridgehead atoms. The lowest BCUT2D eigenvalue weighted by Gasteiger charge is -2.41. The van der Waals surface area contributed by atoms with Gasteiger partial charge in [0.25, 0.3) is 0 Å². The van der Waals surface area contributed by atoms with Crippen LogP contribution in [0.4, 0.5) is 0 Å². The van der Waals surface area contributed by atoms with Crippen molar-refractivity contribution in [3.63, 3.8) is 0 Å². The van der Waals surface area contributed by atoms with E-state index in [1.54, 1.807) is 0 Å². The van der Waals surface area contributed by atoms with Crippen molar-refractivity contribution in [1.29, 1.82) is 0 Å². The minimum absolute atomic E-state index is 0.725. The Kier molecular flexibility index (Phi) is 4.83. The smallest absolute Gasteiger partial charge is 0.0195 e. The lowest BCUT2D eigenvalue weighted by Crippen LogP contribution is -2.53. The highest BCUT2D eigenvalue weighted by molar-refractivity contribution is 4.82. The molecule has 0 spiro atoms. The number of nitrogens with zero attached hydrogens (tertiary/aromatic N) is 2. The van der Waals surface area contributed by atoms with Crippen LogP contribution in [0.15, 0.2) is 0 Å². The zero-order chi connectivity index (χ0) is 12.3. The lowest BCUT2D eigenvalue weighted by molar-refractivity contribution is 0.0709. The van der Waals surface area contributed by atoms with Gasteiger partial charge in [0.05, 0.1) is 0 Å². The van der Waals surface area contributed by atoms with Crippen LogP contribution in [-0.2, 0) is 0 Å². The third kappa shape index (κ3) is 3.67. The highest BCUT2D eigenvalue weighted by Crippen LogP contribution is 2.19. The number of piperazine rings is 1. The normalized spacial score (nSPS) is 37.2. The summed E-state index contributed by atoms with van der Waals surface area (Å²) in [6.45, 7) is 14.5. The number of piperidine rings is 1. The van der Waals surface area contributed by atoms with Crippen LogP contribution in [0.2, 0.25) is 0 Å². The molecule has 0 aliphatic carbocycles. The number of likely N-dealkylation sites (N-methyl/N-ethyl adjacent to an activating group) is 1. The Morgan fingerprint density at radius 1 is 1.24 bits per heavy atom. The van der Waals surface area contributed by atoms with Crippen LogP contribution in [0.1, 0.15) is 33.6 Å². The Morgan fingerprint density at radius 3 is 2.71 bits per heavy atom. The molecule has 0 aromatic rings. The van der Waals surface area contributed by atoms with Gasteiger partial charge in [0.15, 0.2) is 0 Å². The Hall–Kier alpha value is -0.120. The van der Waals surface area contributed by atoms with Crippen molar-refractivity contribution in [3.8, 4) is 0 Å². The van der Waals surface area contributed by atoms with Crippen molar-refractivity contribution in [1.82, 2.24) is 15.1 Å². The van der Waals surface area contributed by atoms with Crippen molar-refractivity contribution < 1.29 is 0 Å². The van der Waals surface area contributed by atoms with Gasteiger partial charge in [-0.2, -0.15) is 0 Å². The summed E-state index contributed by atoms with van der Waals surface area (Å²) in [5.41, 5.74) is 0. The summed E-state index contributed by atoms with van der Waals surface area (Å²) in [5.74, 6) is 0.923. The molecule has 0 amide bonds. The molecule has 17 heavy (non-hydrogen) atoms. The third-order valence-electron chi connectivity index (χ3n) is 4.50. The van der Waals surface area contributed by atoms with Crippen LogP contribution in [0.3, 0.4) is 0 Å². The molecule has 3 nitrogen and oxygen atoms in total. The lowest BCUT2D eigenvalue weighted by atomic mass is 9.92. The van der Waals surface area contributed by atoms with E-state index in [1.165, 1.54) is 52.1 Å². The van der Waals surface area contributed by atoms with Gasteiger partial charge in [-0.15, -0.1) is 0 Å². The van der Waals surface area contributed by atoms with Crippen molar-refractivity contribution >= 4 is 0 Å². The van der Waals surface area contributed by atoms with E-state index in [4.69, 9.17) is 0 Å². The molecule has 3 heteroatoms. The quantitative estimate of drug-likeness (QED) is 0.803. The molecule has 3 unspecified atom stereocenters. The highest BCUT2D eigenvalue weighted by Gasteiger charge is 2.26. The summed E-state index contributed by atoms with van der Waals surface area (Å²) in [6, 6.07) is 1.47. The predicted octanol–water partition coefficient (Wildman–Crippen LogP) is 1.40. The van der Waals surface area contributed by atoms with Crippen LogP contribution < -0.4 is 5.32 Å². The first-order valence-electron chi connectivity index (χ1n) is 7.38. The van der Waals surface area contributed by atoms with Crippen LogP contribution in [0, 0.1) is 5.92 Å². The van der Waals surface area contributed by atoms with Crippen LogP contribution in [-0.4, -0.2) is 61.2 Å². The number of nitrogens with one attached hydrogen (secondary N) is 1. The van der Waals surface area contributed by atoms with Crippen molar-refractivity contribution in [2.24, 2.45) is 5.92 Å². The SMILES string of the molecule is CCN1CCN(CC2CCNC(C)C2)CC1C. The van der Waals surface area contributed by atoms with E-state index in [9.17, 15) is 0 Å². The summed E-state index contributed by atoms with van der Waals surface area (Å²) >= 11 is 0. The van der Waals surface area contributed by atoms with Gasteiger partial charge in [-0.1, -0.05) is 6.92 Å². The number of hydrogen-bond acceptors (Lipinski definition) is 3. The van der Waals surface area contributed by atoms with Gasteiger partial charge in [-0.05, 0) is 45.7 Å². The molecule has 2 aliphatic rings. The third-order valence-corrected chi connectivity index (χ3v) is 4.50. The van der Waals surface area contributed by atoms with E-state index in [2.05, 4.69) is 35.9 Å². The minimum atomic E-state index is 0.725. The second-order valence-electron chi connectivity index (χ2n) is 5.98. The molecule has 0 aromatic heterocycles. The van der Waals surface area contributed by atoms with E-state index in [0.29, 0.717) is 0 Å². The van der Waals surface area contributed by atoms with Gasteiger partial charge in [0.2, 0.25) is 0 Å². The maximum Gasteiger partial charge on any atom is 0.0195 e. The zero-order valence-corrected chi connectivity index (χ0v) is 11.8. The molecule has 3 atom stereocenters. The van der Waals surface area contributed by atoms with E-state index < -0.39 is 0 Å². The van der Waals surface area contributed by atoms with E-state index in [0.717, 1.165) is 18.0 Å². The van der Waals surface area contributed by atoms with Gasteiger partial charge in [0, 0.05) is 38.3 Å². The van der Waals surface area contributed by atoms with Gasteiger partial charge >= 0.3 is 0 Å². The molecule has 2 aliphatic heterocycles. The van der Waals surface area contributed by atoms with E-state index in [-0.39, 0.29) is 0 Å². The fraction of sp³-hybridized carbons (Fsp3) is 1.00. The largest absolute Gasteiger partial charge is 0.314 e. The molecule has 0 radical (unpaired) electrons. The van der Waals surface area contributed by atoms with Gasteiger partial charge in [-0.25, -0.2) is 0 Å².